The molecule has 13 heteroatoms. The first-order valence-electron chi connectivity index (χ1n) is 12.3. The highest BCUT2D eigenvalue weighted by atomic mass is 35.5. The fourth-order valence-electron chi connectivity index (χ4n) is 5.19. The largest absolute Gasteiger partial charge is 0.633 e. The van der Waals surface area contributed by atoms with Gasteiger partial charge >= 0.3 is 12.4 Å². The summed E-state index contributed by atoms with van der Waals surface area (Å²) in [4.78, 5) is 0. The number of piperazine rings is 1. The van der Waals surface area contributed by atoms with Crippen molar-refractivity contribution in [3.8, 4) is 0 Å². The Bertz CT molecular complexity index is 1060. The molecule has 39 heavy (non-hydrogen) atoms. The number of benzene rings is 2. The number of quaternary nitrogens is 1. The first-order chi connectivity index (χ1) is 17.7. The van der Waals surface area contributed by atoms with Crippen LogP contribution in [0.5, 0.6) is 0 Å². The van der Waals surface area contributed by atoms with Crippen LogP contribution < -0.4 is 5.32 Å². The van der Waals surface area contributed by atoms with E-state index in [9.17, 15) is 35.9 Å². The Balaban J connectivity index is 0.00000420. The van der Waals surface area contributed by atoms with Gasteiger partial charge in [-0.15, -0.1) is 12.4 Å². The summed E-state index contributed by atoms with van der Waals surface area (Å²) in [5.74, 6) is -1.33. The molecule has 2 fully saturated rings. The van der Waals surface area contributed by atoms with E-state index in [-0.39, 0.29) is 43.1 Å². The number of ether oxygens (including phenoxy) is 2. The van der Waals surface area contributed by atoms with Crippen molar-refractivity contribution in [2.24, 2.45) is 5.92 Å². The second kappa shape index (κ2) is 12.3. The molecule has 0 aliphatic carbocycles. The number of hydroxylamine groups is 3. The summed E-state index contributed by atoms with van der Waals surface area (Å²) in [7, 11) is 0. The highest BCUT2D eigenvalue weighted by molar-refractivity contribution is 5.85. The number of hydrogen-bond acceptors (Lipinski definition) is 4. The van der Waals surface area contributed by atoms with Crippen molar-refractivity contribution in [3.05, 3.63) is 75.7 Å². The van der Waals surface area contributed by atoms with E-state index in [1.807, 2.05) is 0 Å². The van der Waals surface area contributed by atoms with E-state index in [4.69, 9.17) is 9.47 Å². The summed E-state index contributed by atoms with van der Waals surface area (Å²) in [6, 6.07) is 6.88. The molecule has 0 aromatic heterocycles. The Morgan fingerprint density at radius 1 is 1.00 bits per heavy atom. The third kappa shape index (κ3) is 7.83. The number of hydrogen-bond donors (Lipinski definition) is 1. The summed E-state index contributed by atoms with van der Waals surface area (Å²) in [5.41, 5.74) is -2.58. The van der Waals surface area contributed by atoms with Gasteiger partial charge < -0.3 is 24.6 Å². The van der Waals surface area contributed by atoms with Crippen molar-refractivity contribution in [2.45, 2.75) is 44.0 Å². The fourth-order valence-corrected chi connectivity index (χ4v) is 5.19. The maximum Gasteiger partial charge on any atom is 0.416 e. The van der Waals surface area contributed by atoms with Crippen molar-refractivity contribution in [2.75, 3.05) is 39.3 Å². The molecule has 2 aromatic carbocycles. The van der Waals surface area contributed by atoms with E-state index in [2.05, 4.69) is 5.32 Å². The van der Waals surface area contributed by atoms with E-state index in [0.29, 0.717) is 50.3 Å². The molecule has 5 nitrogen and oxygen atoms in total. The molecule has 4 atom stereocenters. The second-order valence-corrected chi connectivity index (χ2v) is 9.92. The Kier molecular flexibility index (Phi) is 9.94. The van der Waals surface area contributed by atoms with Crippen molar-refractivity contribution < 1.29 is 44.9 Å². The number of alkyl halides is 6. The van der Waals surface area contributed by atoms with E-state index in [1.165, 1.54) is 31.2 Å². The lowest BCUT2D eigenvalue weighted by Gasteiger charge is -2.50. The molecule has 0 unspecified atom stereocenters. The third-order valence-corrected chi connectivity index (χ3v) is 7.20. The maximum atomic E-state index is 13.7. The first kappa shape index (κ1) is 31.6. The quantitative estimate of drug-likeness (QED) is 0.241. The Morgan fingerprint density at radius 3 is 2.10 bits per heavy atom. The van der Waals surface area contributed by atoms with Gasteiger partial charge in [-0.2, -0.15) is 26.3 Å². The molecule has 0 spiro atoms. The zero-order chi connectivity index (χ0) is 27.7. The van der Waals surface area contributed by atoms with Crippen LogP contribution in [0.1, 0.15) is 47.6 Å². The topological polar surface area (TPSA) is 53.5 Å². The van der Waals surface area contributed by atoms with Gasteiger partial charge in [0.25, 0.3) is 0 Å². The fraction of sp³-hybridized carbons (Fsp3) is 0.538. The number of nitrogens with one attached hydrogen (secondary N) is 1. The van der Waals surface area contributed by atoms with Crippen LogP contribution in [0, 0.1) is 16.9 Å². The van der Waals surface area contributed by atoms with Gasteiger partial charge in [0.1, 0.15) is 5.82 Å². The predicted molar refractivity (Wildman–Crippen MR) is 131 cm³/mol. The van der Waals surface area contributed by atoms with Gasteiger partial charge in [0.2, 0.25) is 0 Å². The third-order valence-electron chi connectivity index (χ3n) is 7.20. The monoisotopic (exact) mass is 586 g/mol. The van der Waals surface area contributed by atoms with Crippen LogP contribution in [0.25, 0.3) is 0 Å². The molecule has 0 radical (unpaired) electrons. The predicted octanol–water partition coefficient (Wildman–Crippen LogP) is 6.43. The molecule has 2 aliphatic heterocycles. The van der Waals surface area contributed by atoms with Crippen molar-refractivity contribution in [1.82, 2.24) is 5.32 Å². The molecule has 4 rings (SSSR count). The number of halogens is 8. The molecule has 0 amide bonds. The van der Waals surface area contributed by atoms with Crippen molar-refractivity contribution >= 4 is 12.4 Å². The van der Waals surface area contributed by atoms with Gasteiger partial charge in [-0.1, -0.05) is 12.1 Å². The standard InChI is InChI=1S/C26H29F7N2O3.ClH/c1-16(19-12-20(25(28,29)30)14-21(13-19)26(31,32)33)38-24-23(17-2-4-22(27)5-3-17)18(6-11-37-24)15-35(36)9-7-34-8-10-35;/h2-5,12-14,16,18,23-24,34H,6-11,15H2,1H3;1H/t16-,18+,23+,24-;/m1./s1. The van der Waals surface area contributed by atoms with Gasteiger partial charge in [-0.05, 0) is 54.8 Å². The minimum absolute atomic E-state index is 0. The van der Waals surface area contributed by atoms with Gasteiger partial charge in [0.15, 0.2) is 6.29 Å². The summed E-state index contributed by atoms with van der Waals surface area (Å²) < 4.78 is 105. The molecule has 218 valence electrons. The normalized spacial score (nSPS) is 24.6. The minimum Gasteiger partial charge on any atom is -0.633 e. The Morgan fingerprint density at radius 2 is 1.56 bits per heavy atom. The number of rotatable bonds is 6. The zero-order valence-corrected chi connectivity index (χ0v) is 21.8. The van der Waals surface area contributed by atoms with E-state index < -0.39 is 52.3 Å². The highest BCUT2D eigenvalue weighted by Crippen LogP contribution is 2.42. The van der Waals surface area contributed by atoms with Crippen LogP contribution in [0.2, 0.25) is 0 Å². The SMILES string of the molecule is C[C@@H](O[C@H]1OCC[C@@H](C[N+]2([O-])CCNCC2)[C@@H]1c1ccc(F)cc1)c1cc(C(F)(F)F)cc(C(F)(F)F)c1.Cl. The summed E-state index contributed by atoms with van der Waals surface area (Å²) >= 11 is 0. The lowest BCUT2D eigenvalue weighted by Crippen LogP contribution is -2.58. The highest BCUT2D eigenvalue weighted by Gasteiger charge is 2.42. The molecule has 2 aromatic rings. The molecule has 2 saturated heterocycles. The van der Waals surface area contributed by atoms with Gasteiger partial charge in [0, 0.05) is 24.9 Å². The average molecular weight is 587 g/mol. The van der Waals surface area contributed by atoms with Crippen LogP contribution in [0.3, 0.4) is 0 Å². The van der Waals surface area contributed by atoms with Gasteiger partial charge in [-0.3, -0.25) is 0 Å². The minimum atomic E-state index is -4.99. The van der Waals surface area contributed by atoms with Gasteiger partial charge in [0.05, 0.1) is 43.5 Å². The number of nitrogens with zero attached hydrogens (tertiary/aromatic N) is 1. The average Bonchev–Trinajstić information content (AvgIpc) is 2.84. The Labute approximate surface area is 227 Å². The zero-order valence-electron chi connectivity index (χ0n) is 21.0. The van der Waals surface area contributed by atoms with Crippen LogP contribution in [-0.2, 0) is 21.8 Å². The van der Waals surface area contributed by atoms with Crippen LogP contribution >= 0.6 is 12.4 Å². The lowest BCUT2D eigenvalue weighted by molar-refractivity contribution is -0.886. The summed E-state index contributed by atoms with van der Waals surface area (Å²) in [6.45, 7) is 3.60. The molecule has 2 aliphatic rings. The van der Waals surface area contributed by atoms with Crippen LogP contribution in [0.15, 0.2) is 42.5 Å². The van der Waals surface area contributed by atoms with Gasteiger partial charge in [-0.25, -0.2) is 4.39 Å². The van der Waals surface area contributed by atoms with E-state index in [0.717, 1.165) is 0 Å². The Hall–Kier alpha value is -1.96. The second-order valence-electron chi connectivity index (χ2n) is 9.92. The molecule has 0 saturated carbocycles. The van der Waals surface area contributed by atoms with E-state index >= 15 is 0 Å². The van der Waals surface area contributed by atoms with E-state index in [1.54, 1.807) is 0 Å². The maximum absolute atomic E-state index is 13.7. The van der Waals surface area contributed by atoms with Crippen molar-refractivity contribution in [3.63, 3.8) is 0 Å². The van der Waals surface area contributed by atoms with Crippen LogP contribution in [-0.4, -0.2) is 50.3 Å². The molecule has 2 heterocycles. The smallest absolute Gasteiger partial charge is 0.416 e. The summed E-state index contributed by atoms with van der Waals surface area (Å²) in [6.07, 6.45) is -11.8. The first-order valence-corrected chi connectivity index (χ1v) is 12.3. The summed E-state index contributed by atoms with van der Waals surface area (Å²) in [5, 5.41) is 16.5. The molecular formula is C26H30ClF7N2O3. The lowest BCUT2D eigenvalue weighted by atomic mass is 9.81. The van der Waals surface area contributed by atoms with Crippen LogP contribution in [0.4, 0.5) is 30.7 Å². The molecule has 1 N–H and O–H groups in total. The molecular weight excluding hydrogens is 557 g/mol. The van der Waals surface area contributed by atoms with Crippen molar-refractivity contribution in [1.29, 1.82) is 0 Å². The molecule has 0 bridgehead atoms.